The van der Waals surface area contributed by atoms with Gasteiger partial charge in [-0.2, -0.15) is 0 Å². The Kier molecular flexibility index (Phi) is 2.34. The first-order valence-electron chi connectivity index (χ1n) is 4.29. The van der Waals surface area contributed by atoms with Crippen molar-refractivity contribution in [2.75, 3.05) is 18.6 Å². The molecule has 0 aliphatic rings. The second-order valence-electron chi connectivity index (χ2n) is 3.06. The van der Waals surface area contributed by atoms with E-state index in [1.54, 1.807) is 0 Å². The van der Waals surface area contributed by atoms with Crippen molar-refractivity contribution in [1.29, 1.82) is 0 Å². The van der Waals surface area contributed by atoms with E-state index >= 15 is 0 Å². The number of aromatic nitrogens is 1. The molecule has 1 aromatic heterocycles. The van der Waals surface area contributed by atoms with Crippen molar-refractivity contribution in [2.45, 2.75) is 0 Å². The maximum atomic E-state index is 5.23. The summed E-state index contributed by atoms with van der Waals surface area (Å²) >= 11 is 0. The molecular weight excluding hydrogens is 180 g/mol. The molecule has 0 saturated heterocycles. The van der Waals surface area contributed by atoms with Crippen molar-refractivity contribution in [3.05, 3.63) is 24.6 Å². The Morgan fingerprint density at radius 2 is 2.43 bits per heavy atom. The molecule has 2 aromatic rings. The predicted molar refractivity (Wildman–Crippen MR) is 54.6 cm³/mol. The first-order chi connectivity index (χ1) is 6.81. The zero-order valence-electron chi connectivity index (χ0n) is 7.90. The van der Waals surface area contributed by atoms with Gasteiger partial charge in [-0.25, -0.2) is 10.4 Å². The van der Waals surface area contributed by atoms with Gasteiger partial charge in [0.25, 0.3) is 0 Å². The molecule has 0 amide bonds. The van der Waals surface area contributed by atoms with Crippen LogP contribution < -0.4 is 16.2 Å². The molecular formula is C9H12N4O. The van der Waals surface area contributed by atoms with Crippen molar-refractivity contribution >= 4 is 16.8 Å². The number of oxazole rings is 1. The molecule has 2 rings (SSSR count). The summed E-state index contributed by atoms with van der Waals surface area (Å²) < 4.78 is 5.20. The van der Waals surface area contributed by atoms with Crippen LogP contribution in [0.15, 0.2) is 29.0 Å². The first kappa shape index (κ1) is 8.98. The lowest BCUT2D eigenvalue weighted by atomic mass is 10.3. The minimum absolute atomic E-state index is 0.583. The Balaban J connectivity index is 2.33. The lowest BCUT2D eigenvalue weighted by molar-refractivity contribution is 0.602. The molecule has 1 aromatic carbocycles. The standard InChI is InChI=1S/C9H12N4O/c1-13(5-12-10)7-2-3-8-9(4-7)14-6-11-8/h2-4,6,12H,5,10H2,1H3. The molecule has 74 valence electrons. The Bertz CT molecular complexity index is 425. The maximum absolute atomic E-state index is 5.23. The van der Waals surface area contributed by atoms with Crippen molar-refractivity contribution < 1.29 is 4.42 Å². The summed E-state index contributed by atoms with van der Waals surface area (Å²) in [5.41, 5.74) is 5.27. The number of nitrogens with zero attached hydrogens (tertiary/aromatic N) is 2. The second kappa shape index (κ2) is 3.65. The highest BCUT2D eigenvalue weighted by molar-refractivity contribution is 5.76. The van der Waals surface area contributed by atoms with E-state index in [2.05, 4.69) is 10.4 Å². The van der Waals surface area contributed by atoms with Gasteiger partial charge in [0.15, 0.2) is 12.0 Å². The molecule has 0 fully saturated rings. The van der Waals surface area contributed by atoms with Crippen LogP contribution in [0.3, 0.4) is 0 Å². The molecule has 0 atom stereocenters. The Morgan fingerprint density at radius 1 is 1.57 bits per heavy atom. The zero-order chi connectivity index (χ0) is 9.97. The van der Waals surface area contributed by atoms with E-state index in [4.69, 9.17) is 10.3 Å². The average molecular weight is 192 g/mol. The Hall–Kier alpha value is -1.59. The summed E-state index contributed by atoms with van der Waals surface area (Å²) in [6.07, 6.45) is 1.44. The largest absolute Gasteiger partial charge is 0.443 e. The molecule has 0 radical (unpaired) electrons. The molecule has 0 spiro atoms. The third-order valence-corrected chi connectivity index (χ3v) is 2.08. The lowest BCUT2D eigenvalue weighted by Gasteiger charge is -2.17. The van der Waals surface area contributed by atoms with Crippen LogP contribution in [0.25, 0.3) is 11.1 Å². The summed E-state index contributed by atoms with van der Waals surface area (Å²) in [6.45, 7) is 0.583. The number of benzene rings is 1. The SMILES string of the molecule is CN(CNN)c1ccc2ncoc2c1. The number of nitrogens with two attached hydrogens (primary N) is 1. The van der Waals surface area contributed by atoms with Crippen LogP contribution in [0.1, 0.15) is 0 Å². The molecule has 0 aliphatic heterocycles. The van der Waals surface area contributed by atoms with Crippen LogP contribution in [0.4, 0.5) is 5.69 Å². The van der Waals surface area contributed by atoms with Gasteiger partial charge in [0, 0.05) is 18.8 Å². The van der Waals surface area contributed by atoms with Crippen LogP contribution in [0.5, 0.6) is 0 Å². The number of hydrogen-bond donors (Lipinski definition) is 2. The number of rotatable bonds is 3. The fourth-order valence-corrected chi connectivity index (χ4v) is 1.31. The second-order valence-corrected chi connectivity index (χ2v) is 3.06. The van der Waals surface area contributed by atoms with E-state index in [0.717, 1.165) is 16.8 Å². The van der Waals surface area contributed by atoms with Crippen molar-refractivity contribution in [2.24, 2.45) is 5.84 Å². The van der Waals surface area contributed by atoms with Gasteiger partial charge in [0.1, 0.15) is 5.52 Å². The van der Waals surface area contributed by atoms with Crippen LogP contribution in [-0.2, 0) is 0 Å². The van der Waals surface area contributed by atoms with Gasteiger partial charge in [-0.3, -0.25) is 5.84 Å². The van der Waals surface area contributed by atoms with E-state index in [-0.39, 0.29) is 0 Å². The normalized spacial score (nSPS) is 10.7. The van der Waals surface area contributed by atoms with Gasteiger partial charge in [-0.1, -0.05) is 0 Å². The summed E-state index contributed by atoms with van der Waals surface area (Å²) in [4.78, 5) is 6.01. The lowest BCUT2D eigenvalue weighted by Crippen LogP contribution is -2.35. The van der Waals surface area contributed by atoms with Crippen LogP contribution in [0, 0.1) is 0 Å². The minimum Gasteiger partial charge on any atom is -0.443 e. The third kappa shape index (κ3) is 1.55. The number of fused-ring (bicyclic) bond motifs is 1. The third-order valence-electron chi connectivity index (χ3n) is 2.08. The fourth-order valence-electron chi connectivity index (χ4n) is 1.31. The molecule has 0 unspecified atom stereocenters. The number of hydrogen-bond acceptors (Lipinski definition) is 5. The van der Waals surface area contributed by atoms with Crippen molar-refractivity contribution in [3.8, 4) is 0 Å². The summed E-state index contributed by atoms with van der Waals surface area (Å²) in [5, 5.41) is 0. The van der Waals surface area contributed by atoms with E-state index in [1.807, 2.05) is 30.1 Å². The quantitative estimate of drug-likeness (QED) is 0.425. The van der Waals surface area contributed by atoms with E-state index in [1.165, 1.54) is 6.39 Å². The van der Waals surface area contributed by atoms with Crippen LogP contribution in [-0.4, -0.2) is 18.7 Å². The number of hydrazine groups is 1. The molecule has 1 heterocycles. The van der Waals surface area contributed by atoms with Crippen LogP contribution >= 0.6 is 0 Å². The Morgan fingerprint density at radius 3 is 3.21 bits per heavy atom. The van der Waals surface area contributed by atoms with Gasteiger partial charge >= 0.3 is 0 Å². The minimum atomic E-state index is 0.583. The molecule has 5 nitrogen and oxygen atoms in total. The van der Waals surface area contributed by atoms with Gasteiger partial charge in [-0.05, 0) is 12.1 Å². The van der Waals surface area contributed by atoms with Gasteiger partial charge in [-0.15, -0.1) is 0 Å². The molecule has 14 heavy (non-hydrogen) atoms. The molecule has 0 bridgehead atoms. The predicted octanol–water partition coefficient (Wildman–Crippen LogP) is 0.685. The highest BCUT2D eigenvalue weighted by Crippen LogP contribution is 2.19. The average Bonchev–Trinajstić information content (AvgIpc) is 2.64. The van der Waals surface area contributed by atoms with Gasteiger partial charge in [0.05, 0.1) is 6.67 Å². The summed E-state index contributed by atoms with van der Waals surface area (Å²) in [6, 6.07) is 5.82. The molecule has 5 heteroatoms. The molecule has 0 aliphatic carbocycles. The van der Waals surface area contributed by atoms with Crippen LogP contribution in [0.2, 0.25) is 0 Å². The molecule has 3 N–H and O–H groups in total. The molecule has 0 saturated carbocycles. The van der Waals surface area contributed by atoms with Gasteiger partial charge in [0.2, 0.25) is 0 Å². The summed E-state index contributed by atoms with van der Waals surface area (Å²) in [5.74, 6) is 5.23. The topological polar surface area (TPSA) is 67.3 Å². The van der Waals surface area contributed by atoms with Crippen molar-refractivity contribution in [3.63, 3.8) is 0 Å². The number of anilines is 1. The monoisotopic (exact) mass is 192 g/mol. The van der Waals surface area contributed by atoms with E-state index in [9.17, 15) is 0 Å². The highest BCUT2D eigenvalue weighted by Gasteiger charge is 2.03. The fraction of sp³-hybridized carbons (Fsp3) is 0.222. The van der Waals surface area contributed by atoms with E-state index < -0.39 is 0 Å². The zero-order valence-corrected chi connectivity index (χ0v) is 7.90. The summed E-state index contributed by atoms with van der Waals surface area (Å²) in [7, 11) is 1.94. The number of nitrogens with one attached hydrogen (secondary N) is 1. The van der Waals surface area contributed by atoms with E-state index in [0.29, 0.717) is 6.67 Å². The highest BCUT2D eigenvalue weighted by atomic mass is 16.3. The van der Waals surface area contributed by atoms with Gasteiger partial charge < -0.3 is 9.32 Å². The Labute approximate surface area is 81.5 Å². The van der Waals surface area contributed by atoms with Crippen molar-refractivity contribution in [1.82, 2.24) is 10.4 Å². The first-order valence-corrected chi connectivity index (χ1v) is 4.29. The smallest absolute Gasteiger partial charge is 0.181 e. The maximum Gasteiger partial charge on any atom is 0.181 e.